The largest absolute Gasteiger partial charge is 0.346 e. The molecule has 122 valence electrons. The first-order chi connectivity index (χ1) is 11.6. The number of benzene rings is 2. The maximum absolute atomic E-state index is 6.11. The Hall–Kier alpha value is -1.62. The van der Waals surface area contributed by atoms with E-state index in [2.05, 4.69) is 44.5 Å². The van der Waals surface area contributed by atoms with Crippen molar-refractivity contribution < 1.29 is 0 Å². The summed E-state index contributed by atoms with van der Waals surface area (Å²) in [4.78, 5) is 11.4. The smallest absolute Gasteiger partial charge is 0.163 e. The van der Waals surface area contributed by atoms with Crippen LogP contribution in [0, 0.1) is 0 Å². The number of anilines is 1. The van der Waals surface area contributed by atoms with Crippen molar-refractivity contribution in [1.29, 1.82) is 0 Å². The standard InChI is InChI=1S/C18H14BrCl2N3/c1-2-8-24(11-12-6-4-3-5-7-12)18-17(19)22-15-9-13(20)14(21)10-16(15)23-18/h2-7,9-10H,1,8,11H2. The van der Waals surface area contributed by atoms with Crippen molar-refractivity contribution in [3.63, 3.8) is 0 Å². The maximum Gasteiger partial charge on any atom is 0.163 e. The van der Waals surface area contributed by atoms with E-state index in [1.165, 1.54) is 5.56 Å². The fraction of sp³-hybridized carbons (Fsp3) is 0.111. The van der Waals surface area contributed by atoms with Crippen LogP contribution in [0.1, 0.15) is 5.56 Å². The Labute approximate surface area is 159 Å². The summed E-state index contributed by atoms with van der Waals surface area (Å²) >= 11 is 15.7. The van der Waals surface area contributed by atoms with Gasteiger partial charge in [0.25, 0.3) is 0 Å². The average molecular weight is 423 g/mol. The predicted octanol–water partition coefficient (Wildman–Crippen LogP) is 5.89. The Bertz CT molecular complexity index is 884. The van der Waals surface area contributed by atoms with E-state index in [-0.39, 0.29) is 0 Å². The lowest BCUT2D eigenvalue weighted by Gasteiger charge is -2.23. The first-order valence-corrected chi connectivity index (χ1v) is 8.85. The van der Waals surface area contributed by atoms with Crippen LogP contribution in [0.25, 0.3) is 11.0 Å². The second-order valence-electron chi connectivity index (χ2n) is 5.25. The van der Waals surface area contributed by atoms with Crippen molar-refractivity contribution in [3.8, 4) is 0 Å². The Morgan fingerprint density at radius 2 is 1.67 bits per heavy atom. The van der Waals surface area contributed by atoms with Gasteiger partial charge in [0.1, 0.15) is 4.60 Å². The third-order valence-corrected chi connectivity index (χ3v) is 4.77. The quantitative estimate of drug-likeness (QED) is 0.480. The first-order valence-electron chi connectivity index (χ1n) is 7.30. The summed E-state index contributed by atoms with van der Waals surface area (Å²) in [5.74, 6) is 0.740. The van der Waals surface area contributed by atoms with Crippen LogP contribution in [-0.4, -0.2) is 16.5 Å². The molecule has 0 radical (unpaired) electrons. The zero-order chi connectivity index (χ0) is 17.1. The van der Waals surface area contributed by atoms with Crippen LogP contribution in [0.4, 0.5) is 5.82 Å². The van der Waals surface area contributed by atoms with Crippen molar-refractivity contribution >= 4 is 56.0 Å². The van der Waals surface area contributed by atoms with Crippen LogP contribution < -0.4 is 4.90 Å². The Balaban J connectivity index is 2.05. The fourth-order valence-corrected chi connectivity index (χ4v) is 3.25. The molecule has 3 aromatic rings. The molecule has 0 amide bonds. The summed E-state index contributed by atoms with van der Waals surface area (Å²) in [6.45, 7) is 5.19. The molecule has 0 spiro atoms. The van der Waals surface area contributed by atoms with E-state index in [0.29, 0.717) is 38.8 Å². The highest BCUT2D eigenvalue weighted by Gasteiger charge is 2.15. The van der Waals surface area contributed by atoms with Gasteiger partial charge in [-0.25, -0.2) is 9.97 Å². The maximum atomic E-state index is 6.11. The SMILES string of the molecule is C=CCN(Cc1ccccc1)c1nc2cc(Cl)c(Cl)cc2nc1Br. The van der Waals surface area contributed by atoms with Crippen molar-refractivity contribution in [3.05, 3.63) is 75.3 Å². The number of fused-ring (bicyclic) bond motifs is 1. The molecule has 0 aliphatic rings. The number of aromatic nitrogens is 2. The van der Waals surface area contributed by atoms with Gasteiger partial charge < -0.3 is 4.90 Å². The molecule has 0 fully saturated rings. The lowest BCUT2D eigenvalue weighted by atomic mass is 10.2. The molecule has 3 nitrogen and oxygen atoms in total. The van der Waals surface area contributed by atoms with Gasteiger partial charge in [-0.05, 0) is 33.6 Å². The first kappa shape index (κ1) is 17.2. The van der Waals surface area contributed by atoms with Gasteiger partial charge in [-0.2, -0.15) is 0 Å². The number of rotatable bonds is 5. The predicted molar refractivity (Wildman–Crippen MR) is 105 cm³/mol. The average Bonchev–Trinajstić information content (AvgIpc) is 2.57. The van der Waals surface area contributed by atoms with Crippen molar-refractivity contribution in [1.82, 2.24) is 9.97 Å². The van der Waals surface area contributed by atoms with Gasteiger partial charge in [0.2, 0.25) is 0 Å². The minimum Gasteiger partial charge on any atom is -0.346 e. The number of halogens is 3. The van der Waals surface area contributed by atoms with E-state index in [1.54, 1.807) is 12.1 Å². The van der Waals surface area contributed by atoms with E-state index in [1.807, 2.05) is 24.3 Å². The zero-order valence-corrected chi connectivity index (χ0v) is 15.8. The number of nitrogens with zero attached hydrogens (tertiary/aromatic N) is 3. The molecule has 6 heteroatoms. The van der Waals surface area contributed by atoms with Gasteiger partial charge in [0, 0.05) is 13.1 Å². The normalized spacial score (nSPS) is 10.8. The van der Waals surface area contributed by atoms with E-state index < -0.39 is 0 Å². The van der Waals surface area contributed by atoms with Crippen molar-refractivity contribution in [2.45, 2.75) is 6.54 Å². The van der Waals surface area contributed by atoms with Gasteiger partial charge in [0.15, 0.2) is 5.82 Å². The number of hydrogen-bond donors (Lipinski definition) is 0. The third kappa shape index (κ3) is 3.72. The molecule has 0 aliphatic carbocycles. The monoisotopic (exact) mass is 421 g/mol. The Morgan fingerprint density at radius 1 is 1.04 bits per heavy atom. The summed E-state index contributed by atoms with van der Waals surface area (Å²) in [6.07, 6.45) is 1.84. The summed E-state index contributed by atoms with van der Waals surface area (Å²) < 4.78 is 0.658. The van der Waals surface area contributed by atoms with Gasteiger partial charge in [-0.1, -0.05) is 59.6 Å². The molecule has 24 heavy (non-hydrogen) atoms. The second kappa shape index (κ2) is 7.51. The lowest BCUT2D eigenvalue weighted by Crippen LogP contribution is -2.24. The second-order valence-corrected chi connectivity index (χ2v) is 6.81. The van der Waals surface area contributed by atoms with Crippen molar-refractivity contribution in [2.75, 3.05) is 11.4 Å². The molecule has 1 heterocycles. The van der Waals surface area contributed by atoms with Crippen molar-refractivity contribution in [2.24, 2.45) is 0 Å². The van der Waals surface area contributed by atoms with E-state index in [0.717, 1.165) is 5.82 Å². The van der Waals surface area contributed by atoms with Gasteiger partial charge in [-0.15, -0.1) is 6.58 Å². The highest BCUT2D eigenvalue weighted by atomic mass is 79.9. The summed E-state index contributed by atoms with van der Waals surface area (Å²) in [7, 11) is 0. The fourth-order valence-electron chi connectivity index (χ4n) is 2.41. The van der Waals surface area contributed by atoms with Crippen LogP contribution in [0.5, 0.6) is 0 Å². The summed E-state index contributed by atoms with van der Waals surface area (Å²) in [5.41, 5.74) is 2.57. The highest BCUT2D eigenvalue weighted by molar-refractivity contribution is 9.10. The van der Waals surface area contributed by atoms with Crippen LogP contribution in [0.15, 0.2) is 59.7 Å². The molecule has 2 aromatic carbocycles. The molecule has 0 saturated heterocycles. The van der Waals surface area contributed by atoms with Crippen LogP contribution in [-0.2, 0) is 6.54 Å². The molecule has 3 rings (SSSR count). The molecule has 0 aliphatic heterocycles. The molecule has 0 saturated carbocycles. The molecule has 0 unspecified atom stereocenters. The number of hydrogen-bond acceptors (Lipinski definition) is 3. The Morgan fingerprint density at radius 3 is 2.29 bits per heavy atom. The van der Waals surface area contributed by atoms with E-state index in [9.17, 15) is 0 Å². The van der Waals surface area contributed by atoms with Crippen LogP contribution in [0.3, 0.4) is 0 Å². The lowest BCUT2D eigenvalue weighted by molar-refractivity contribution is 0.842. The molecular weight excluding hydrogens is 409 g/mol. The molecule has 0 atom stereocenters. The van der Waals surface area contributed by atoms with Crippen LogP contribution in [0.2, 0.25) is 10.0 Å². The van der Waals surface area contributed by atoms with Crippen LogP contribution >= 0.6 is 39.1 Å². The highest BCUT2D eigenvalue weighted by Crippen LogP contribution is 2.31. The van der Waals surface area contributed by atoms with Gasteiger partial charge in [-0.3, -0.25) is 0 Å². The molecule has 0 N–H and O–H groups in total. The molecule has 0 bridgehead atoms. The van der Waals surface area contributed by atoms with Gasteiger partial charge in [0.05, 0.1) is 21.1 Å². The summed E-state index contributed by atoms with van der Waals surface area (Å²) in [6, 6.07) is 13.6. The zero-order valence-electron chi connectivity index (χ0n) is 12.7. The minimum atomic E-state index is 0.463. The van der Waals surface area contributed by atoms with E-state index >= 15 is 0 Å². The minimum absolute atomic E-state index is 0.463. The molecular formula is C18H14BrCl2N3. The Kier molecular flexibility index (Phi) is 5.39. The molecule has 1 aromatic heterocycles. The van der Waals surface area contributed by atoms with E-state index in [4.69, 9.17) is 28.2 Å². The third-order valence-electron chi connectivity index (χ3n) is 3.51. The topological polar surface area (TPSA) is 29.0 Å². The van der Waals surface area contributed by atoms with Gasteiger partial charge >= 0.3 is 0 Å². The summed E-state index contributed by atoms with van der Waals surface area (Å²) in [5, 5.41) is 0.926.